The molecule has 0 unspecified atom stereocenters. The molecule has 22 heavy (non-hydrogen) atoms. The summed E-state index contributed by atoms with van der Waals surface area (Å²) in [6, 6.07) is 5.93. The van der Waals surface area contributed by atoms with Crippen LogP contribution >= 0.6 is 0 Å². The Bertz CT molecular complexity index is 529. The molecule has 0 bridgehead atoms. The zero-order valence-corrected chi connectivity index (χ0v) is 13.1. The van der Waals surface area contributed by atoms with Crippen LogP contribution in [0.1, 0.15) is 34.3 Å². The maximum atomic E-state index is 12.2. The van der Waals surface area contributed by atoms with E-state index in [-0.39, 0.29) is 24.5 Å². The number of benzene rings is 1. The van der Waals surface area contributed by atoms with E-state index in [1.54, 1.807) is 7.11 Å². The molecule has 1 amide bonds. The summed E-state index contributed by atoms with van der Waals surface area (Å²) < 4.78 is 4.86. The number of hydrogen-bond donors (Lipinski definition) is 2. The van der Waals surface area contributed by atoms with Gasteiger partial charge in [-0.05, 0) is 43.1 Å². The number of ether oxygens (including phenoxy) is 1. The molecule has 0 aliphatic carbocycles. The number of ketones is 1. The minimum Gasteiger partial charge on any atom is -0.383 e. The van der Waals surface area contributed by atoms with Crippen LogP contribution in [0.3, 0.4) is 0 Å². The lowest BCUT2D eigenvalue weighted by Gasteiger charge is -2.08. The molecular weight excluding hydrogens is 280 g/mol. The van der Waals surface area contributed by atoms with Crippen molar-refractivity contribution in [2.75, 3.05) is 33.4 Å². The quantitative estimate of drug-likeness (QED) is 0.585. The molecule has 1 aliphatic rings. The van der Waals surface area contributed by atoms with Crippen LogP contribution < -0.4 is 10.6 Å². The molecule has 0 fully saturated rings. The molecule has 2 N–H and O–H groups in total. The highest BCUT2D eigenvalue weighted by atomic mass is 16.5. The number of rotatable bonds is 7. The van der Waals surface area contributed by atoms with Crippen LogP contribution in [0.5, 0.6) is 0 Å². The number of carbonyl (C=O) groups is 2. The summed E-state index contributed by atoms with van der Waals surface area (Å²) in [4.78, 5) is 23.8. The largest absolute Gasteiger partial charge is 0.383 e. The van der Waals surface area contributed by atoms with E-state index in [0.717, 1.165) is 25.9 Å². The Kier molecular flexibility index (Phi) is 6.55. The fourth-order valence-electron chi connectivity index (χ4n) is 2.60. The Labute approximate surface area is 131 Å². The van der Waals surface area contributed by atoms with Gasteiger partial charge in [0.05, 0.1) is 6.61 Å². The van der Waals surface area contributed by atoms with Crippen molar-refractivity contribution < 1.29 is 14.3 Å². The normalized spacial score (nSPS) is 14.0. The number of methoxy groups -OCH3 is 1. The van der Waals surface area contributed by atoms with Crippen molar-refractivity contribution >= 4 is 11.7 Å². The maximum absolute atomic E-state index is 12.2. The van der Waals surface area contributed by atoms with Crippen molar-refractivity contribution in [3.8, 4) is 0 Å². The number of nitrogens with one attached hydrogen (secondary N) is 2. The Hall–Kier alpha value is -1.72. The van der Waals surface area contributed by atoms with E-state index in [1.165, 1.54) is 11.1 Å². The van der Waals surface area contributed by atoms with Crippen molar-refractivity contribution in [1.29, 1.82) is 0 Å². The lowest BCUT2D eigenvalue weighted by atomic mass is 9.97. The van der Waals surface area contributed by atoms with Gasteiger partial charge in [-0.2, -0.15) is 0 Å². The van der Waals surface area contributed by atoms with Crippen LogP contribution in [0.2, 0.25) is 0 Å². The molecule has 0 saturated carbocycles. The molecule has 1 aromatic rings. The second kappa shape index (κ2) is 8.66. The molecule has 0 radical (unpaired) electrons. The van der Waals surface area contributed by atoms with Gasteiger partial charge in [0.15, 0.2) is 5.78 Å². The Morgan fingerprint density at radius 2 is 1.95 bits per heavy atom. The van der Waals surface area contributed by atoms with Gasteiger partial charge in [0.2, 0.25) is 5.91 Å². The first-order valence-corrected chi connectivity index (χ1v) is 7.82. The second-order valence-corrected chi connectivity index (χ2v) is 5.50. The smallest absolute Gasteiger partial charge is 0.220 e. The highest BCUT2D eigenvalue weighted by Crippen LogP contribution is 2.17. The van der Waals surface area contributed by atoms with E-state index in [1.807, 2.05) is 18.2 Å². The molecule has 0 saturated heterocycles. The van der Waals surface area contributed by atoms with Crippen molar-refractivity contribution in [1.82, 2.24) is 10.6 Å². The molecule has 1 heterocycles. The molecule has 120 valence electrons. The van der Waals surface area contributed by atoms with Gasteiger partial charge in [0, 0.05) is 32.1 Å². The van der Waals surface area contributed by atoms with Gasteiger partial charge in [-0.1, -0.05) is 12.1 Å². The summed E-state index contributed by atoms with van der Waals surface area (Å²) in [6.07, 6.45) is 2.43. The Morgan fingerprint density at radius 3 is 2.73 bits per heavy atom. The zero-order valence-electron chi connectivity index (χ0n) is 13.1. The van der Waals surface area contributed by atoms with Gasteiger partial charge in [-0.15, -0.1) is 0 Å². The highest BCUT2D eigenvalue weighted by Gasteiger charge is 2.13. The highest BCUT2D eigenvalue weighted by molar-refractivity contribution is 5.98. The van der Waals surface area contributed by atoms with Gasteiger partial charge in [0.1, 0.15) is 0 Å². The van der Waals surface area contributed by atoms with Crippen LogP contribution in [0.15, 0.2) is 18.2 Å². The predicted octanol–water partition coefficient (Wildman–Crippen LogP) is 1.10. The third kappa shape index (κ3) is 4.93. The first-order chi connectivity index (χ1) is 10.7. The van der Waals surface area contributed by atoms with E-state index >= 15 is 0 Å². The number of hydrogen-bond acceptors (Lipinski definition) is 4. The van der Waals surface area contributed by atoms with Crippen LogP contribution in [-0.2, 0) is 22.4 Å². The summed E-state index contributed by atoms with van der Waals surface area (Å²) in [5, 5.41) is 6.08. The van der Waals surface area contributed by atoms with Crippen molar-refractivity contribution in [3.05, 3.63) is 34.9 Å². The summed E-state index contributed by atoms with van der Waals surface area (Å²) in [5.41, 5.74) is 3.28. The maximum Gasteiger partial charge on any atom is 0.220 e. The molecular formula is C17H24N2O3. The van der Waals surface area contributed by atoms with E-state index in [9.17, 15) is 9.59 Å². The van der Waals surface area contributed by atoms with Crippen LogP contribution in [0, 0.1) is 0 Å². The van der Waals surface area contributed by atoms with Gasteiger partial charge in [0.25, 0.3) is 0 Å². The number of amides is 1. The van der Waals surface area contributed by atoms with Gasteiger partial charge < -0.3 is 15.4 Å². The summed E-state index contributed by atoms with van der Waals surface area (Å²) >= 11 is 0. The van der Waals surface area contributed by atoms with E-state index in [4.69, 9.17) is 4.74 Å². The monoisotopic (exact) mass is 304 g/mol. The standard InChI is InChI=1S/C17H24N2O3/c1-22-11-10-19-17(21)5-4-16(20)15-3-2-13-6-8-18-9-7-14(13)12-15/h2-3,12,18H,4-11H2,1H3,(H,19,21). The van der Waals surface area contributed by atoms with Crippen LogP contribution in [0.4, 0.5) is 0 Å². The van der Waals surface area contributed by atoms with Gasteiger partial charge >= 0.3 is 0 Å². The fourth-order valence-corrected chi connectivity index (χ4v) is 2.60. The van der Waals surface area contributed by atoms with Crippen molar-refractivity contribution in [3.63, 3.8) is 0 Å². The fraction of sp³-hybridized carbons (Fsp3) is 0.529. The van der Waals surface area contributed by atoms with Gasteiger partial charge in [-0.25, -0.2) is 0 Å². The lowest BCUT2D eigenvalue weighted by molar-refractivity contribution is -0.121. The van der Waals surface area contributed by atoms with Crippen molar-refractivity contribution in [2.45, 2.75) is 25.7 Å². The lowest BCUT2D eigenvalue weighted by Crippen LogP contribution is -2.27. The molecule has 1 aromatic carbocycles. The predicted molar refractivity (Wildman–Crippen MR) is 85.2 cm³/mol. The first-order valence-electron chi connectivity index (χ1n) is 7.82. The minimum absolute atomic E-state index is 0.0295. The topological polar surface area (TPSA) is 67.4 Å². The number of carbonyl (C=O) groups excluding carboxylic acids is 2. The first kappa shape index (κ1) is 16.6. The average molecular weight is 304 g/mol. The summed E-state index contributed by atoms with van der Waals surface area (Å²) in [6.45, 7) is 2.91. The summed E-state index contributed by atoms with van der Waals surface area (Å²) in [7, 11) is 1.59. The zero-order chi connectivity index (χ0) is 15.8. The van der Waals surface area contributed by atoms with Crippen LogP contribution in [0.25, 0.3) is 0 Å². The average Bonchev–Trinajstić information content (AvgIpc) is 2.77. The molecule has 1 aliphatic heterocycles. The Morgan fingerprint density at radius 1 is 1.18 bits per heavy atom. The van der Waals surface area contributed by atoms with Gasteiger partial charge in [-0.3, -0.25) is 9.59 Å². The summed E-state index contributed by atoms with van der Waals surface area (Å²) in [5.74, 6) is -0.0775. The van der Waals surface area contributed by atoms with E-state index < -0.39 is 0 Å². The molecule has 5 nitrogen and oxygen atoms in total. The van der Waals surface area contributed by atoms with E-state index in [2.05, 4.69) is 10.6 Å². The third-order valence-corrected chi connectivity index (χ3v) is 3.88. The molecule has 0 spiro atoms. The van der Waals surface area contributed by atoms with E-state index in [0.29, 0.717) is 18.7 Å². The molecule has 2 rings (SSSR count). The van der Waals surface area contributed by atoms with Crippen LogP contribution in [-0.4, -0.2) is 45.0 Å². The number of fused-ring (bicyclic) bond motifs is 1. The molecule has 0 atom stereocenters. The molecule has 5 heteroatoms. The number of Topliss-reactive ketones (excluding diaryl/α,β-unsaturated/α-hetero) is 1. The van der Waals surface area contributed by atoms with Crippen molar-refractivity contribution in [2.24, 2.45) is 0 Å². The third-order valence-electron chi connectivity index (χ3n) is 3.88. The minimum atomic E-state index is -0.107. The second-order valence-electron chi connectivity index (χ2n) is 5.50. The molecule has 0 aromatic heterocycles. The Balaban J connectivity index is 1.87. The SMILES string of the molecule is COCCNC(=O)CCC(=O)c1ccc2c(c1)CCNCC2.